The standard InChI is InChI=1S/C13H9Cl2N3O/c14-7-4-10(15)12-11(5-7)18-13(19-12)17-9-3-1-2-8(16)6-9/h1-6H,16H2,(H,17,18). The van der Waals surface area contributed by atoms with Crippen molar-refractivity contribution in [1.29, 1.82) is 0 Å². The van der Waals surface area contributed by atoms with Gasteiger partial charge in [-0.2, -0.15) is 4.98 Å². The van der Waals surface area contributed by atoms with Crippen LogP contribution < -0.4 is 11.1 Å². The highest BCUT2D eigenvalue weighted by molar-refractivity contribution is 6.38. The highest BCUT2D eigenvalue weighted by atomic mass is 35.5. The van der Waals surface area contributed by atoms with Crippen LogP contribution in [0.3, 0.4) is 0 Å². The number of nitrogens with one attached hydrogen (secondary N) is 1. The lowest BCUT2D eigenvalue weighted by molar-refractivity contribution is 0.623. The number of rotatable bonds is 2. The summed E-state index contributed by atoms with van der Waals surface area (Å²) in [4.78, 5) is 4.27. The highest BCUT2D eigenvalue weighted by Gasteiger charge is 2.10. The molecule has 3 aromatic rings. The maximum atomic E-state index is 6.04. The number of nitrogens with two attached hydrogens (primary N) is 1. The fraction of sp³-hybridized carbons (Fsp3) is 0. The Morgan fingerprint density at radius 1 is 1.16 bits per heavy atom. The van der Waals surface area contributed by atoms with E-state index in [-0.39, 0.29) is 0 Å². The third-order valence-electron chi connectivity index (χ3n) is 2.55. The second-order valence-corrected chi connectivity index (χ2v) is 4.85. The minimum atomic E-state index is 0.338. The average Bonchev–Trinajstić information content (AvgIpc) is 2.71. The normalized spacial score (nSPS) is 10.8. The van der Waals surface area contributed by atoms with E-state index in [9.17, 15) is 0 Å². The monoisotopic (exact) mass is 293 g/mol. The van der Waals surface area contributed by atoms with Crippen molar-refractivity contribution in [2.75, 3.05) is 11.1 Å². The average molecular weight is 294 g/mol. The van der Waals surface area contributed by atoms with E-state index in [2.05, 4.69) is 10.3 Å². The van der Waals surface area contributed by atoms with Crippen LogP contribution in [0.4, 0.5) is 17.4 Å². The van der Waals surface area contributed by atoms with E-state index in [1.54, 1.807) is 24.3 Å². The van der Waals surface area contributed by atoms with Crippen molar-refractivity contribution in [1.82, 2.24) is 4.98 Å². The fourth-order valence-electron chi connectivity index (χ4n) is 1.75. The number of aromatic nitrogens is 1. The number of anilines is 3. The molecule has 0 radical (unpaired) electrons. The van der Waals surface area contributed by atoms with Crippen LogP contribution in [0.2, 0.25) is 10.0 Å². The number of halogens is 2. The van der Waals surface area contributed by atoms with Crippen LogP contribution in [0.5, 0.6) is 0 Å². The summed E-state index contributed by atoms with van der Waals surface area (Å²) in [6.45, 7) is 0. The van der Waals surface area contributed by atoms with Crippen molar-refractivity contribution < 1.29 is 4.42 Å². The first-order chi connectivity index (χ1) is 9.11. The molecule has 0 bridgehead atoms. The largest absolute Gasteiger partial charge is 0.422 e. The third-order valence-corrected chi connectivity index (χ3v) is 3.05. The minimum Gasteiger partial charge on any atom is -0.422 e. The van der Waals surface area contributed by atoms with Gasteiger partial charge >= 0.3 is 0 Å². The van der Waals surface area contributed by atoms with Gasteiger partial charge in [0.05, 0.1) is 5.02 Å². The molecule has 0 aliphatic carbocycles. The van der Waals surface area contributed by atoms with Crippen LogP contribution >= 0.6 is 23.2 Å². The van der Waals surface area contributed by atoms with Gasteiger partial charge in [0.25, 0.3) is 6.01 Å². The van der Waals surface area contributed by atoms with Gasteiger partial charge in [0.1, 0.15) is 5.52 Å². The summed E-state index contributed by atoms with van der Waals surface area (Å²) in [5, 5.41) is 3.96. The summed E-state index contributed by atoms with van der Waals surface area (Å²) in [6, 6.07) is 10.9. The SMILES string of the molecule is Nc1cccc(Nc2nc3cc(Cl)cc(Cl)c3o2)c1. The molecule has 4 nitrogen and oxygen atoms in total. The summed E-state index contributed by atoms with van der Waals surface area (Å²) in [5.74, 6) is 0. The summed E-state index contributed by atoms with van der Waals surface area (Å²) in [7, 11) is 0. The van der Waals surface area contributed by atoms with Crippen LogP contribution in [0.25, 0.3) is 11.1 Å². The lowest BCUT2D eigenvalue weighted by Crippen LogP contribution is -1.91. The number of nitrogen functional groups attached to an aromatic ring is 1. The smallest absolute Gasteiger partial charge is 0.300 e. The number of benzene rings is 2. The van der Waals surface area contributed by atoms with Crippen LogP contribution in [-0.4, -0.2) is 4.98 Å². The second kappa shape index (κ2) is 4.64. The number of hydrogen-bond donors (Lipinski definition) is 2. The van der Waals surface area contributed by atoms with Gasteiger partial charge in [0.15, 0.2) is 5.58 Å². The Morgan fingerprint density at radius 3 is 2.79 bits per heavy atom. The van der Waals surface area contributed by atoms with E-state index >= 15 is 0 Å². The molecule has 0 fully saturated rings. The molecule has 96 valence electrons. The number of hydrogen-bond acceptors (Lipinski definition) is 4. The van der Waals surface area contributed by atoms with Gasteiger partial charge < -0.3 is 15.5 Å². The van der Waals surface area contributed by atoms with Crippen molar-refractivity contribution >= 4 is 51.7 Å². The van der Waals surface area contributed by atoms with E-state index in [1.807, 2.05) is 12.1 Å². The van der Waals surface area contributed by atoms with Gasteiger partial charge in [-0.25, -0.2) is 0 Å². The fourth-order valence-corrected chi connectivity index (χ4v) is 2.27. The summed E-state index contributed by atoms with van der Waals surface area (Å²) >= 11 is 11.9. The van der Waals surface area contributed by atoms with Crippen LogP contribution in [0, 0.1) is 0 Å². The van der Waals surface area contributed by atoms with Crippen LogP contribution in [-0.2, 0) is 0 Å². The summed E-state index contributed by atoms with van der Waals surface area (Å²) < 4.78 is 5.54. The van der Waals surface area contributed by atoms with Gasteiger partial charge in [-0.15, -0.1) is 0 Å². The molecule has 0 saturated carbocycles. The quantitative estimate of drug-likeness (QED) is 0.685. The molecule has 19 heavy (non-hydrogen) atoms. The highest BCUT2D eigenvalue weighted by Crippen LogP contribution is 2.31. The summed E-state index contributed by atoms with van der Waals surface area (Å²) in [6.07, 6.45) is 0. The molecule has 0 unspecified atom stereocenters. The van der Waals surface area contributed by atoms with E-state index in [1.165, 1.54) is 0 Å². The van der Waals surface area contributed by atoms with E-state index in [0.29, 0.717) is 32.8 Å². The molecule has 2 aromatic carbocycles. The van der Waals surface area contributed by atoms with Gasteiger partial charge in [0, 0.05) is 16.4 Å². The zero-order valence-electron chi connectivity index (χ0n) is 9.65. The van der Waals surface area contributed by atoms with Gasteiger partial charge in [0.2, 0.25) is 0 Å². The Bertz CT molecular complexity index is 755. The number of fused-ring (bicyclic) bond motifs is 1. The van der Waals surface area contributed by atoms with Crippen molar-refractivity contribution in [2.24, 2.45) is 0 Å². The summed E-state index contributed by atoms with van der Waals surface area (Å²) in [5.41, 5.74) is 8.24. The topological polar surface area (TPSA) is 64.1 Å². The second-order valence-electron chi connectivity index (χ2n) is 4.01. The minimum absolute atomic E-state index is 0.338. The lowest BCUT2D eigenvalue weighted by atomic mass is 10.3. The van der Waals surface area contributed by atoms with Gasteiger partial charge in [-0.3, -0.25) is 0 Å². The first kappa shape index (κ1) is 12.1. The Hall–Kier alpha value is -1.91. The molecule has 0 atom stereocenters. The van der Waals surface area contributed by atoms with E-state index in [4.69, 9.17) is 33.4 Å². The first-order valence-corrected chi connectivity index (χ1v) is 6.25. The molecule has 1 aromatic heterocycles. The molecule has 3 rings (SSSR count). The maximum Gasteiger partial charge on any atom is 0.300 e. The van der Waals surface area contributed by atoms with Crippen molar-refractivity contribution in [3.63, 3.8) is 0 Å². The Labute approximate surface area is 119 Å². The predicted molar refractivity (Wildman–Crippen MR) is 78.2 cm³/mol. The molecule has 0 saturated heterocycles. The molecule has 0 amide bonds. The first-order valence-electron chi connectivity index (χ1n) is 5.50. The number of nitrogens with zero attached hydrogens (tertiary/aromatic N) is 1. The van der Waals surface area contributed by atoms with E-state index in [0.717, 1.165) is 5.69 Å². The van der Waals surface area contributed by atoms with Crippen molar-refractivity contribution in [3.05, 3.63) is 46.4 Å². The Balaban J connectivity index is 2.00. The van der Waals surface area contributed by atoms with Crippen LogP contribution in [0.1, 0.15) is 0 Å². The molecular weight excluding hydrogens is 285 g/mol. The zero-order valence-corrected chi connectivity index (χ0v) is 11.2. The molecule has 1 heterocycles. The van der Waals surface area contributed by atoms with E-state index < -0.39 is 0 Å². The third kappa shape index (κ3) is 2.45. The molecule has 0 spiro atoms. The van der Waals surface area contributed by atoms with Gasteiger partial charge in [-0.1, -0.05) is 29.3 Å². The predicted octanol–water partition coefficient (Wildman–Crippen LogP) is 4.46. The molecule has 0 aliphatic heterocycles. The molecular formula is C13H9Cl2N3O. The lowest BCUT2D eigenvalue weighted by Gasteiger charge is -2.01. The van der Waals surface area contributed by atoms with Gasteiger partial charge in [-0.05, 0) is 30.3 Å². The molecule has 3 N–H and O–H groups in total. The zero-order chi connectivity index (χ0) is 13.4. The van der Waals surface area contributed by atoms with Crippen molar-refractivity contribution in [2.45, 2.75) is 0 Å². The molecule has 6 heteroatoms. The Kier molecular flexibility index (Phi) is 2.97. The van der Waals surface area contributed by atoms with Crippen LogP contribution in [0.15, 0.2) is 40.8 Å². The maximum absolute atomic E-state index is 6.04. The molecule has 0 aliphatic rings. The Morgan fingerprint density at radius 2 is 2.00 bits per heavy atom. The number of oxazole rings is 1. The van der Waals surface area contributed by atoms with Crippen molar-refractivity contribution in [3.8, 4) is 0 Å².